The molecule has 0 aliphatic rings. The van der Waals surface area contributed by atoms with Gasteiger partial charge in [0.15, 0.2) is 11.5 Å². The lowest BCUT2D eigenvalue weighted by atomic mass is 10.1. The quantitative estimate of drug-likeness (QED) is 0.467. The highest BCUT2D eigenvalue weighted by Gasteiger charge is 2.33. The number of ether oxygens (including phenoxy) is 2. The van der Waals surface area contributed by atoms with Gasteiger partial charge >= 0.3 is 6.18 Å². The Hall–Kier alpha value is -2.29. The van der Waals surface area contributed by atoms with Gasteiger partial charge in [0.1, 0.15) is 6.61 Å². The summed E-state index contributed by atoms with van der Waals surface area (Å²) >= 11 is 3.29. The smallest absolute Gasteiger partial charge is 0.416 e. The maximum Gasteiger partial charge on any atom is 0.416 e. The first-order valence-corrected chi connectivity index (χ1v) is 7.92. The predicted octanol–water partition coefficient (Wildman–Crippen LogP) is 5.35. The van der Waals surface area contributed by atoms with Gasteiger partial charge in [-0.1, -0.05) is 6.07 Å². The molecule has 0 heterocycles. The van der Waals surface area contributed by atoms with E-state index < -0.39 is 22.4 Å². The van der Waals surface area contributed by atoms with Crippen molar-refractivity contribution >= 4 is 21.6 Å². The Kier molecular flexibility index (Phi) is 5.89. The zero-order valence-electron chi connectivity index (χ0n) is 13.0. The molecule has 0 spiro atoms. The minimum absolute atomic E-state index is 0.0243. The number of rotatable bonds is 6. The SMILES string of the molecule is CCOc1cccc(Br)c1OCc1ccc(C(F)(F)F)cc1[N+](=O)[O-]. The molecule has 0 saturated heterocycles. The van der Waals surface area contributed by atoms with Gasteiger partial charge in [0.05, 0.1) is 27.1 Å². The Morgan fingerprint density at radius 3 is 2.52 bits per heavy atom. The lowest BCUT2D eigenvalue weighted by Gasteiger charge is -2.14. The molecule has 25 heavy (non-hydrogen) atoms. The van der Waals surface area contributed by atoms with Crippen LogP contribution in [0.15, 0.2) is 40.9 Å². The fraction of sp³-hybridized carbons (Fsp3) is 0.250. The van der Waals surface area contributed by atoms with E-state index in [1.54, 1.807) is 25.1 Å². The fourth-order valence-electron chi connectivity index (χ4n) is 2.08. The molecule has 0 aliphatic carbocycles. The van der Waals surface area contributed by atoms with Gasteiger partial charge in [-0.15, -0.1) is 0 Å². The average molecular weight is 420 g/mol. The molecule has 0 unspecified atom stereocenters. The molecule has 0 fully saturated rings. The topological polar surface area (TPSA) is 61.6 Å². The fourth-order valence-corrected chi connectivity index (χ4v) is 2.54. The number of halogens is 4. The first kappa shape index (κ1) is 19.0. The highest BCUT2D eigenvalue weighted by Crippen LogP contribution is 2.37. The Morgan fingerprint density at radius 1 is 1.20 bits per heavy atom. The third kappa shape index (κ3) is 4.62. The second-order valence-electron chi connectivity index (χ2n) is 4.89. The predicted molar refractivity (Wildman–Crippen MR) is 87.7 cm³/mol. The molecule has 0 bridgehead atoms. The summed E-state index contributed by atoms with van der Waals surface area (Å²) in [6.07, 6.45) is -4.66. The summed E-state index contributed by atoms with van der Waals surface area (Å²) < 4.78 is 49.7. The van der Waals surface area contributed by atoms with Crippen LogP contribution in [0.4, 0.5) is 18.9 Å². The van der Waals surface area contributed by atoms with E-state index in [-0.39, 0.29) is 12.2 Å². The number of hydrogen-bond donors (Lipinski definition) is 0. The number of nitro groups is 1. The van der Waals surface area contributed by atoms with Crippen LogP contribution in [0.3, 0.4) is 0 Å². The van der Waals surface area contributed by atoms with Crippen molar-refractivity contribution in [1.82, 2.24) is 0 Å². The van der Waals surface area contributed by atoms with Crippen LogP contribution in [0.1, 0.15) is 18.1 Å². The van der Waals surface area contributed by atoms with Crippen LogP contribution in [-0.4, -0.2) is 11.5 Å². The molecule has 2 rings (SSSR count). The minimum Gasteiger partial charge on any atom is -0.490 e. The van der Waals surface area contributed by atoms with E-state index in [1.807, 2.05) is 0 Å². The monoisotopic (exact) mass is 419 g/mol. The molecule has 134 valence electrons. The van der Waals surface area contributed by atoms with E-state index >= 15 is 0 Å². The Balaban J connectivity index is 2.31. The zero-order chi connectivity index (χ0) is 18.6. The highest BCUT2D eigenvalue weighted by molar-refractivity contribution is 9.10. The van der Waals surface area contributed by atoms with Crippen molar-refractivity contribution in [3.63, 3.8) is 0 Å². The zero-order valence-corrected chi connectivity index (χ0v) is 14.6. The van der Waals surface area contributed by atoms with E-state index in [0.29, 0.717) is 28.6 Å². The molecular formula is C16H13BrF3NO4. The lowest BCUT2D eigenvalue weighted by Crippen LogP contribution is -2.08. The maximum atomic E-state index is 12.7. The molecule has 0 radical (unpaired) electrons. The first-order chi connectivity index (χ1) is 11.7. The summed E-state index contributed by atoms with van der Waals surface area (Å²) in [6.45, 7) is 1.88. The number of nitro benzene ring substituents is 1. The third-order valence-electron chi connectivity index (χ3n) is 3.21. The van der Waals surface area contributed by atoms with Crippen molar-refractivity contribution in [3.05, 3.63) is 62.1 Å². The van der Waals surface area contributed by atoms with Gasteiger partial charge in [-0.3, -0.25) is 10.1 Å². The Morgan fingerprint density at radius 2 is 1.92 bits per heavy atom. The van der Waals surface area contributed by atoms with E-state index in [9.17, 15) is 23.3 Å². The molecule has 0 aromatic heterocycles. The van der Waals surface area contributed by atoms with Gasteiger partial charge in [-0.25, -0.2) is 0 Å². The van der Waals surface area contributed by atoms with Gasteiger partial charge < -0.3 is 9.47 Å². The second kappa shape index (κ2) is 7.73. The Labute approximate surface area is 149 Å². The van der Waals surface area contributed by atoms with Crippen molar-refractivity contribution in [1.29, 1.82) is 0 Å². The van der Waals surface area contributed by atoms with Crippen molar-refractivity contribution < 1.29 is 27.6 Å². The summed E-state index contributed by atoms with van der Waals surface area (Å²) in [5.41, 5.74) is -1.71. The van der Waals surface area contributed by atoms with Gasteiger partial charge in [0, 0.05) is 6.07 Å². The van der Waals surface area contributed by atoms with Crippen LogP contribution >= 0.6 is 15.9 Å². The van der Waals surface area contributed by atoms with Crippen molar-refractivity contribution in [2.75, 3.05) is 6.61 Å². The molecule has 0 aliphatic heterocycles. The molecular weight excluding hydrogens is 407 g/mol. The second-order valence-corrected chi connectivity index (χ2v) is 5.74. The van der Waals surface area contributed by atoms with Crippen LogP contribution in [0.5, 0.6) is 11.5 Å². The molecule has 9 heteroatoms. The molecule has 0 amide bonds. The van der Waals surface area contributed by atoms with E-state index in [0.717, 1.165) is 12.1 Å². The molecule has 0 atom stereocenters. The van der Waals surface area contributed by atoms with Crippen LogP contribution in [0.2, 0.25) is 0 Å². The van der Waals surface area contributed by atoms with Gasteiger partial charge in [0.2, 0.25) is 0 Å². The minimum atomic E-state index is -4.66. The number of para-hydroxylation sites is 1. The van der Waals surface area contributed by atoms with E-state index in [2.05, 4.69) is 15.9 Å². The first-order valence-electron chi connectivity index (χ1n) is 7.12. The molecule has 0 N–H and O–H groups in total. The van der Waals surface area contributed by atoms with Gasteiger partial charge in [0.25, 0.3) is 5.69 Å². The van der Waals surface area contributed by atoms with Crippen molar-refractivity contribution in [2.24, 2.45) is 0 Å². The molecule has 5 nitrogen and oxygen atoms in total. The highest BCUT2D eigenvalue weighted by atomic mass is 79.9. The van der Waals surface area contributed by atoms with Gasteiger partial charge in [-0.2, -0.15) is 13.2 Å². The van der Waals surface area contributed by atoms with Crippen molar-refractivity contribution in [2.45, 2.75) is 19.7 Å². The van der Waals surface area contributed by atoms with Crippen LogP contribution in [0, 0.1) is 10.1 Å². The number of alkyl halides is 3. The average Bonchev–Trinajstić information content (AvgIpc) is 2.53. The molecule has 2 aromatic rings. The third-order valence-corrected chi connectivity index (χ3v) is 3.84. The lowest BCUT2D eigenvalue weighted by molar-refractivity contribution is -0.386. The van der Waals surface area contributed by atoms with Crippen molar-refractivity contribution in [3.8, 4) is 11.5 Å². The van der Waals surface area contributed by atoms with E-state index in [1.165, 1.54) is 0 Å². The summed E-state index contributed by atoms with van der Waals surface area (Å²) in [5.74, 6) is 0.741. The summed E-state index contributed by atoms with van der Waals surface area (Å²) in [4.78, 5) is 10.2. The van der Waals surface area contributed by atoms with Crippen LogP contribution in [-0.2, 0) is 12.8 Å². The Bertz CT molecular complexity index is 780. The molecule has 0 saturated carbocycles. The van der Waals surface area contributed by atoms with Gasteiger partial charge in [-0.05, 0) is 47.1 Å². The number of nitrogens with zero attached hydrogens (tertiary/aromatic N) is 1. The number of hydrogen-bond acceptors (Lipinski definition) is 4. The number of benzene rings is 2. The largest absolute Gasteiger partial charge is 0.490 e. The normalized spacial score (nSPS) is 11.2. The molecule has 2 aromatic carbocycles. The maximum absolute atomic E-state index is 12.7. The summed E-state index contributed by atoms with van der Waals surface area (Å²) in [6, 6.07) is 7.40. The standard InChI is InChI=1S/C16H13BrF3NO4/c1-2-24-14-5-3-4-12(17)15(14)25-9-10-6-7-11(16(18,19)20)8-13(10)21(22)23/h3-8H,2,9H2,1H3. The summed E-state index contributed by atoms with van der Waals surface area (Å²) in [7, 11) is 0. The van der Waals surface area contributed by atoms with Crippen LogP contribution in [0.25, 0.3) is 0 Å². The summed E-state index contributed by atoms with van der Waals surface area (Å²) in [5, 5.41) is 11.1. The van der Waals surface area contributed by atoms with E-state index in [4.69, 9.17) is 9.47 Å². The van der Waals surface area contributed by atoms with Crippen LogP contribution < -0.4 is 9.47 Å².